The Morgan fingerprint density at radius 1 is 1.07 bits per heavy atom. The SMILES string of the molecule is C/C=C/CCCC(=O)NCC[N+](CCO)(CCC(C)C(=O)[O-])CCC(C)C(=O)O.[K+]. The average molecular weight is 454 g/mol. The number of hydrogen-bond donors (Lipinski definition) is 3. The van der Waals surface area contributed by atoms with Crippen LogP contribution in [-0.2, 0) is 14.4 Å². The smallest absolute Gasteiger partial charge is 0.550 e. The summed E-state index contributed by atoms with van der Waals surface area (Å²) in [6.45, 7) is 7.29. The third-order valence-electron chi connectivity index (χ3n) is 5.39. The number of amides is 1. The van der Waals surface area contributed by atoms with Crippen LogP contribution in [0.3, 0.4) is 0 Å². The van der Waals surface area contributed by atoms with Crippen molar-refractivity contribution >= 4 is 17.8 Å². The first-order chi connectivity index (χ1) is 13.7. The summed E-state index contributed by atoms with van der Waals surface area (Å²) in [5.74, 6) is -3.22. The minimum absolute atomic E-state index is 0. The van der Waals surface area contributed by atoms with E-state index in [1.807, 2.05) is 19.1 Å². The predicted octanol–water partition coefficient (Wildman–Crippen LogP) is -2.45. The first-order valence-corrected chi connectivity index (χ1v) is 10.4. The van der Waals surface area contributed by atoms with Gasteiger partial charge in [0.25, 0.3) is 0 Å². The average Bonchev–Trinajstić information content (AvgIpc) is 2.67. The number of aliphatic carboxylic acids is 2. The van der Waals surface area contributed by atoms with Gasteiger partial charge in [0, 0.05) is 31.1 Å². The van der Waals surface area contributed by atoms with Crippen molar-refractivity contribution in [3.8, 4) is 0 Å². The fourth-order valence-electron chi connectivity index (χ4n) is 3.13. The van der Waals surface area contributed by atoms with Gasteiger partial charge in [-0.25, -0.2) is 0 Å². The summed E-state index contributed by atoms with van der Waals surface area (Å²) in [6, 6.07) is 0. The number of rotatable bonds is 17. The molecule has 3 unspecified atom stereocenters. The van der Waals surface area contributed by atoms with Crippen LogP contribution in [0.2, 0.25) is 0 Å². The van der Waals surface area contributed by atoms with E-state index in [-0.39, 0.29) is 63.9 Å². The standard InChI is InChI=1S/C21H38N2O6.K/c1-4-5-6-7-8-19(25)22-11-14-23(15-16-24,12-9-17(2)20(26)27)13-10-18(3)21(28)29;/h4-5,17-18,24H,6-16H2,1-3H3,(H2-,22,25,26,27,28,29);/q;+1/b5-4+;. The molecule has 9 heteroatoms. The molecule has 0 saturated carbocycles. The summed E-state index contributed by atoms with van der Waals surface area (Å²) < 4.78 is 0.366. The van der Waals surface area contributed by atoms with Gasteiger partial charge in [0.1, 0.15) is 6.54 Å². The molecular formula is C21H38KN2O6+. The number of allylic oxidation sites excluding steroid dienone is 2. The van der Waals surface area contributed by atoms with E-state index >= 15 is 0 Å². The zero-order valence-corrected chi connectivity index (χ0v) is 22.2. The molecule has 8 nitrogen and oxygen atoms in total. The first-order valence-electron chi connectivity index (χ1n) is 10.4. The second kappa shape index (κ2) is 18.3. The third-order valence-corrected chi connectivity index (χ3v) is 5.39. The Morgan fingerprint density at radius 3 is 2.17 bits per heavy atom. The molecule has 0 aliphatic carbocycles. The van der Waals surface area contributed by atoms with Gasteiger partial charge in [-0.1, -0.05) is 26.0 Å². The van der Waals surface area contributed by atoms with E-state index in [0.29, 0.717) is 56.5 Å². The number of carboxylic acids is 2. The Bertz CT molecular complexity index is 518. The van der Waals surface area contributed by atoms with Crippen LogP contribution < -0.4 is 61.8 Å². The van der Waals surface area contributed by atoms with Crippen molar-refractivity contribution in [2.75, 3.05) is 39.3 Å². The molecule has 0 aromatic rings. The van der Waals surface area contributed by atoms with Crippen LogP contribution in [0.25, 0.3) is 0 Å². The van der Waals surface area contributed by atoms with E-state index in [1.165, 1.54) is 0 Å². The summed E-state index contributed by atoms with van der Waals surface area (Å²) in [5, 5.41) is 32.7. The van der Waals surface area contributed by atoms with Crippen molar-refractivity contribution in [3.63, 3.8) is 0 Å². The summed E-state index contributed by atoms with van der Waals surface area (Å²) in [4.78, 5) is 34.3. The summed E-state index contributed by atoms with van der Waals surface area (Å²) in [7, 11) is 0. The van der Waals surface area contributed by atoms with E-state index < -0.39 is 23.8 Å². The second-order valence-electron chi connectivity index (χ2n) is 7.81. The minimum atomic E-state index is -1.12. The Kier molecular flexibility index (Phi) is 19.4. The molecule has 0 fully saturated rings. The molecule has 0 saturated heterocycles. The van der Waals surface area contributed by atoms with Gasteiger partial charge in [0.15, 0.2) is 0 Å². The number of carbonyl (C=O) groups excluding carboxylic acids is 2. The Hall–Kier alpha value is -0.294. The Labute approximate surface area is 223 Å². The van der Waals surface area contributed by atoms with Crippen molar-refractivity contribution in [2.45, 2.75) is 52.9 Å². The third kappa shape index (κ3) is 14.7. The van der Waals surface area contributed by atoms with E-state index in [2.05, 4.69) is 5.32 Å². The summed E-state index contributed by atoms with van der Waals surface area (Å²) in [6.07, 6.45) is 6.78. The first kappa shape index (κ1) is 31.9. The van der Waals surface area contributed by atoms with Gasteiger partial charge >= 0.3 is 57.4 Å². The number of unbranched alkanes of at least 4 members (excludes halogenated alkanes) is 1. The maximum atomic E-state index is 12.0. The quantitative estimate of drug-likeness (QED) is 0.0971. The van der Waals surface area contributed by atoms with Crippen LogP contribution in [-0.4, -0.2) is 71.9 Å². The monoisotopic (exact) mass is 453 g/mol. The van der Waals surface area contributed by atoms with Crippen molar-refractivity contribution in [2.24, 2.45) is 11.8 Å². The van der Waals surface area contributed by atoms with E-state index in [4.69, 9.17) is 5.11 Å². The molecule has 0 aliphatic heterocycles. The fourth-order valence-corrected chi connectivity index (χ4v) is 3.13. The molecule has 3 N–H and O–H groups in total. The number of nitrogens with zero attached hydrogens (tertiary/aromatic N) is 1. The molecule has 0 bridgehead atoms. The van der Waals surface area contributed by atoms with Crippen molar-refractivity contribution < 1.29 is 85.6 Å². The van der Waals surface area contributed by atoms with E-state index in [9.17, 15) is 24.6 Å². The number of aliphatic hydroxyl groups is 1. The molecular weight excluding hydrogens is 415 g/mol. The van der Waals surface area contributed by atoms with Crippen LogP contribution in [0, 0.1) is 11.8 Å². The summed E-state index contributed by atoms with van der Waals surface area (Å²) in [5.41, 5.74) is 0. The van der Waals surface area contributed by atoms with Crippen molar-refractivity contribution in [1.82, 2.24) is 5.32 Å². The molecule has 1 amide bonds. The van der Waals surface area contributed by atoms with Crippen LogP contribution in [0.5, 0.6) is 0 Å². The molecule has 30 heavy (non-hydrogen) atoms. The number of carboxylic acid groups (broad SMARTS) is 2. The predicted molar refractivity (Wildman–Crippen MR) is 109 cm³/mol. The molecule has 0 aromatic heterocycles. The Morgan fingerprint density at radius 2 is 1.67 bits per heavy atom. The van der Waals surface area contributed by atoms with Gasteiger partial charge in [0.2, 0.25) is 5.91 Å². The number of quaternary nitrogens is 1. The van der Waals surface area contributed by atoms with E-state index in [0.717, 1.165) is 12.8 Å². The second-order valence-corrected chi connectivity index (χ2v) is 7.81. The molecule has 3 atom stereocenters. The fraction of sp³-hybridized carbons (Fsp3) is 0.762. The molecule has 0 radical (unpaired) electrons. The molecule has 0 aromatic carbocycles. The van der Waals surface area contributed by atoms with Gasteiger partial charge < -0.3 is 29.9 Å². The molecule has 0 heterocycles. The van der Waals surface area contributed by atoms with Gasteiger partial charge in [0.05, 0.1) is 38.7 Å². The zero-order valence-electron chi connectivity index (χ0n) is 19.1. The number of hydrogen-bond acceptors (Lipinski definition) is 5. The largest absolute Gasteiger partial charge is 1.00 e. The van der Waals surface area contributed by atoms with Gasteiger partial charge in [-0.15, -0.1) is 0 Å². The topological polar surface area (TPSA) is 127 Å². The molecule has 168 valence electrons. The molecule has 0 rings (SSSR count). The maximum Gasteiger partial charge on any atom is 1.00 e. The van der Waals surface area contributed by atoms with Crippen LogP contribution >= 0.6 is 0 Å². The van der Waals surface area contributed by atoms with Crippen molar-refractivity contribution in [1.29, 1.82) is 0 Å². The number of aliphatic hydroxyl groups excluding tert-OH is 1. The molecule has 0 aliphatic rings. The molecule has 0 spiro atoms. The maximum absolute atomic E-state index is 12.0. The number of nitrogens with one attached hydrogen (secondary N) is 1. The normalized spacial score (nSPS) is 15.1. The number of carbonyl (C=O) groups is 3. The van der Waals surface area contributed by atoms with Crippen molar-refractivity contribution in [3.05, 3.63) is 12.2 Å². The van der Waals surface area contributed by atoms with Crippen LogP contribution in [0.1, 0.15) is 52.9 Å². The van der Waals surface area contributed by atoms with Gasteiger partial charge in [-0.05, 0) is 19.8 Å². The van der Waals surface area contributed by atoms with Gasteiger partial charge in [-0.2, -0.15) is 0 Å². The van der Waals surface area contributed by atoms with Gasteiger partial charge in [-0.3, -0.25) is 9.59 Å². The zero-order chi connectivity index (χ0) is 22.3. The van der Waals surface area contributed by atoms with Crippen LogP contribution in [0.4, 0.5) is 0 Å². The van der Waals surface area contributed by atoms with E-state index in [1.54, 1.807) is 13.8 Å². The van der Waals surface area contributed by atoms with Crippen LogP contribution in [0.15, 0.2) is 12.2 Å². The minimum Gasteiger partial charge on any atom is -0.550 e. The summed E-state index contributed by atoms with van der Waals surface area (Å²) >= 11 is 0. The Balaban J connectivity index is 0.